The van der Waals surface area contributed by atoms with Crippen molar-refractivity contribution in [3.63, 3.8) is 0 Å². The van der Waals surface area contributed by atoms with Gasteiger partial charge in [-0.25, -0.2) is 4.39 Å². The number of hydrogen-bond donors (Lipinski definition) is 0. The van der Waals surface area contributed by atoms with E-state index in [1.807, 2.05) is 6.92 Å². The van der Waals surface area contributed by atoms with Crippen LogP contribution >= 0.6 is 15.9 Å². The molecule has 104 valence electrons. The van der Waals surface area contributed by atoms with E-state index in [-0.39, 0.29) is 21.3 Å². The number of para-hydroxylation sites is 1. The summed E-state index contributed by atoms with van der Waals surface area (Å²) in [6.07, 6.45) is 0.476. The quantitative estimate of drug-likeness (QED) is 0.460. The molecule has 0 fully saturated rings. The smallest absolute Gasteiger partial charge is 0.258 e. The van der Waals surface area contributed by atoms with E-state index in [1.54, 1.807) is 24.3 Å². The number of aryl methyl sites for hydroxylation is 1. The van der Waals surface area contributed by atoms with Gasteiger partial charge in [0.2, 0.25) is 0 Å². The third kappa shape index (κ3) is 3.22. The first-order valence-electron chi connectivity index (χ1n) is 6.11. The van der Waals surface area contributed by atoms with E-state index >= 15 is 0 Å². The molecule has 2 aromatic carbocycles. The molecule has 20 heavy (non-hydrogen) atoms. The number of nitrogens with zero attached hydrogens (tertiary/aromatic N) is 1. The number of hydrogen-bond acceptors (Lipinski definition) is 2. The van der Waals surface area contributed by atoms with E-state index in [4.69, 9.17) is 0 Å². The second-order valence-corrected chi connectivity index (χ2v) is 5.66. The molecule has 0 aliphatic rings. The van der Waals surface area contributed by atoms with Gasteiger partial charge in [-0.15, -0.1) is 0 Å². The number of rotatable bonds is 4. The Morgan fingerprint density at radius 2 is 2.00 bits per heavy atom. The standard InChI is InChI=1S/C15H13BrFNO2/c1-10-8-12(17)6-7-13(10)14(16)9-11-4-2-3-5-15(11)18(19)20/h2-8,14H,9H2,1H3. The van der Waals surface area contributed by atoms with Gasteiger partial charge in [0.1, 0.15) is 5.82 Å². The van der Waals surface area contributed by atoms with Crippen molar-refractivity contribution >= 4 is 21.6 Å². The van der Waals surface area contributed by atoms with Crippen molar-refractivity contribution in [2.75, 3.05) is 0 Å². The van der Waals surface area contributed by atoms with Gasteiger partial charge in [-0.2, -0.15) is 0 Å². The summed E-state index contributed by atoms with van der Waals surface area (Å²) in [5, 5.41) is 11.0. The highest BCUT2D eigenvalue weighted by Gasteiger charge is 2.18. The number of nitro groups is 1. The molecule has 0 saturated heterocycles. The van der Waals surface area contributed by atoms with Gasteiger partial charge in [0.15, 0.2) is 0 Å². The first-order chi connectivity index (χ1) is 9.49. The van der Waals surface area contributed by atoms with Crippen molar-refractivity contribution in [3.8, 4) is 0 Å². The molecule has 0 spiro atoms. The second-order valence-electron chi connectivity index (χ2n) is 4.56. The van der Waals surface area contributed by atoms with Crippen LogP contribution in [0.3, 0.4) is 0 Å². The lowest BCUT2D eigenvalue weighted by Crippen LogP contribution is -2.01. The molecule has 1 unspecified atom stereocenters. The Balaban J connectivity index is 2.28. The molecule has 0 N–H and O–H groups in total. The van der Waals surface area contributed by atoms with E-state index < -0.39 is 0 Å². The largest absolute Gasteiger partial charge is 0.272 e. The van der Waals surface area contributed by atoms with Crippen molar-refractivity contribution in [3.05, 3.63) is 75.1 Å². The zero-order valence-corrected chi connectivity index (χ0v) is 12.4. The zero-order chi connectivity index (χ0) is 14.7. The van der Waals surface area contributed by atoms with Gasteiger partial charge in [0.05, 0.1) is 4.92 Å². The predicted molar refractivity (Wildman–Crippen MR) is 79.6 cm³/mol. The Bertz CT molecular complexity index is 646. The molecule has 2 rings (SSSR count). The highest BCUT2D eigenvalue weighted by molar-refractivity contribution is 9.09. The van der Waals surface area contributed by atoms with Crippen LogP contribution in [0.5, 0.6) is 0 Å². The maximum absolute atomic E-state index is 13.1. The van der Waals surface area contributed by atoms with Gasteiger partial charge in [-0.1, -0.05) is 40.2 Å². The van der Waals surface area contributed by atoms with E-state index in [1.165, 1.54) is 18.2 Å². The molecule has 0 bridgehead atoms. The number of alkyl halides is 1. The second kappa shape index (κ2) is 6.13. The molecular weight excluding hydrogens is 325 g/mol. The lowest BCUT2D eigenvalue weighted by Gasteiger charge is -2.13. The molecule has 0 aliphatic heterocycles. The number of benzene rings is 2. The molecule has 0 heterocycles. The summed E-state index contributed by atoms with van der Waals surface area (Å²) in [4.78, 5) is 10.5. The van der Waals surface area contributed by atoms with Crippen LogP contribution in [0.4, 0.5) is 10.1 Å². The van der Waals surface area contributed by atoms with Crippen LogP contribution in [-0.4, -0.2) is 4.92 Å². The Hall–Kier alpha value is -1.75. The molecule has 3 nitrogen and oxygen atoms in total. The molecule has 5 heteroatoms. The molecule has 0 saturated carbocycles. The minimum absolute atomic E-state index is 0.0933. The fraction of sp³-hybridized carbons (Fsp3) is 0.200. The number of nitro benzene ring substituents is 1. The fourth-order valence-corrected chi connectivity index (χ4v) is 3.02. The van der Waals surface area contributed by atoms with E-state index in [9.17, 15) is 14.5 Å². The van der Waals surface area contributed by atoms with Gasteiger partial charge in [-0.3, -0.25) is 10.1 Å². The fourth-order valence-electron chi connectivity index (χ4n) is 2.16. The molecule has 0 radical (unpaired) electrons. The molecule has 2 aromatic rings. The Morgan fingerprint density at radius 1 is 1.30 bits per heavy atom. The summed E-state index contributed by atoms with van der Waals surface area (Å²) in [5.74, 6) is -0.281. The van der Waals surface area contributed by atoms with Crippen molar-refractivity contribution in [2.24, 2.45) is 0 Å². The van der Waals surface area contributed by atoms with Crippen molar-refractivity contribution in [2.45, 2.75) is 18.2 Å². The van der Waals surface area contributed by atoms with E-state index in [0.29, 0.717) is 12.0 Å². The monoisotopic (exact) mass is 337 g/mol. The first kappa shape index (κ1) is 14.7. The van der Waals surface area contributed by atoms with Gasteiger partial charge in [0.25, 0.3) is 5.69 Å². The van der Waals surface area contributed by atoms with E-state index in [2.05, 4.69) is 15.9 Å². The average Bonchev–Trinajstić information content (AvgIpc) is 2.38. The van der Waals surface area contributed by atoms with Crippen LogP contribution in [0.25, 0.3) is 0 Å². The van der Waals surface area contributed by atoms with Crippen LogP contribution in [0.2, 0.25) is 0 Å². The molecule has 0 amide bonds. The normalized spacial score (nSPS) is 12.2. The lowest BCUT2D eigenvalue weighted by atomic mass is 9.99. The van der Waals surface area contributed by atoms with Crippen molar-refractivity contribution in [1.29, 1.82) is 0 Å². The minimum Gasteiger partial charge on any atom is -0.258 e. The van der Waals surface area contributed by atoms with Gasteiger partial charge >= 0.3 is 0 Å². The highest BCUT2D eigenvalue weighted by atomic mass is 79.9. The van der Waals surface area contributed by atoms with Gasteiger partial charge in [0, 0.05) is 16.5 Å². The minimum atomic E-state index is -0.382. The summed E-state index contributed by atoms with van der Waals surface area (Å²) in [6, 6.07) is 11.2. The first-order valence-corrected chi connectivity index (χ1v) is 7.03. The van der Waals surface area contributed by atoms with Crippen LogP contribution in [0.15, 0.2) is 42.5 Å². The Labute approximate surface area is 124 Å². The van der Waals surface area contributed by atoms with Crippen LogP contribution in [0, 0.1) is 22.9 Å². The zero-order valence-electron chi connectivity index (χ0n) is 10.8. The maximum Gasteiger partial charge on any atom is 0.272 e. The Morgan fingerprint density at radius 3 is 2.65 bits per heavy atom. The summed E-state index contributed by atoms with van der Waals surface area (Å²) in [5.41, 5.74) is 2.52. The summed E-state index contributed by atoms with van der Waals surface area (Å²) < 4.78 is 13.1. The lowest BCUT2D eigenvalue weighted by molar-refractivity contribution is -0.385. The summed E-state index contributed by atoms with van der Waals surface area (Å²) in [6.45, 7) is 1.83. The third-order valence-electron chi connectivity index (χ3n) is 3.16. The molecule has 0 aliphatic carbocycles. The highest BCUT2D eigenvalue weighted by Crippen LogP contribution is 2.32. The van der Waals surface area contributed by atoms with Crippen LogP contribution in [0.1, 0.15) is 21.5 Å². The van der Waals surface area contributed by atoms with Crippen molar-refractivity contribution in [1.82, 2.24) is 0 Å². The van der Waals surface area contributed by atoms with Gasteiger partial charge < -0.3 is 0 Å². The van der Waals surface area contributed by atoms with Crippen LogP contribution in [-0.2, 0) is 6.42 Å². The molecule has 1 atom stereocenters. The third-order valence-corrected chi connectivity index (χ3v) is 3.97. The summed E-state index contributed by atoms with van der Waals surface area (Å²) >= 11 is 3.54. The Kier molecular flexibility index (Phi) is 4.49. The maximum atomic E-state index is 13.1. The molecular formula is C15H13BrFNO2. The molecule has 0 aromatic heterocycles. The van der Waals surface area contributed by atoms with Crippen molar-refractivity contribution < 1.29 is 9.31 Å². The number of halogens is 2. The SMILES string of the molecule is Cc1cc(F)ccc1C(Br)Cc1ccccc1[N+](=O)[O-]. The van der Waals surface area contributed by atoms with Crippen LogP contribution < -0.4 is 0 Å². The van der Waals surface area contributed by atoms with Gasteiger partial charge in [-0.05, 0) is 36.6 Å². The summed E-state index contributed by atoms with van der Waals surface area (Å²) in [7, 11) is 0. The average molecular weight is 338 g/mol. The van der Waals surface area contributed by atoms with E-state index in [0.717, 1.165) is 11.1 Å². The topological polar surface area (TPSA) is 43.1 Å². The predicted octanol–water partition coefficient (Wildman–Crippen LogP) is 4.72.